The second-order valence-corrected chi connectivity index (χ2v) is 18.8. The van der Waals surface area contributed by atoms with Crippen LogP contribution in [0.1, 0.15) is 75.9 Å². The molecule has 0 aromatic heterocycles. The number of ether oxygens (including phenoxy) is 3. The normalized spacial score (nSPS) is 19.3. The minimum Gasteiger partial charge on any atom is -0.541 e. The second kappa shape index (κ2) is 12.7. The van der Waals surface area contributed by atoms with E-state index in [1.54, 1.807) is 12.0 Å². The predicted molar refractivity (Wildman–Crippen MR) is 176 cm³/mol. The number of rotatable bonds is 7. The smallest absolute Gasteiger partial charge is 0.411 e. The molecule has 1 saturated heterocycles. The summed E-state index contributed by atoms with van der Waals surface area (Å²) in [5.41, 5.74) is 2.59. The lowest BCUT2D eigenvalue weighted by molar-refractivity contribution is -0.174. The van der Waals surface area contributed by atoms with E-state index in [9.17, 15) is 9.59 Å². The highest BCUT2D eigenvalue weighted by molar-refractivity contribution is 6.74. The molecule has 1 fully saturated rings. The third-order valence-electron chi connectivity index (χ3n) is 8.42. The van der Waals surface area contributed by atoms with Crippen LogP contribution < -0.4 is 9.16 Å². The van der Waals surface area contributed by atoms with Gasteiger partial charge in [0, 0.05) is 6.42 Å². The Balaban J connectivity index is 1.84. The fraction of sp³-hybridized carbons (Fsp3) is 0.444. The number of methoxy groups -OCH3 is 1. The van der Waals surface area contributed by atoms with Crippen LogP contribution in [0.2, 0.25) is 18.1 Å². The molecule has 7 nitrogen and oxygen atoms in total. The van der Waals surface area contributed by atoms with Gasteiger partial charge in [-0.25, -0.2) is 9.59 Å². The van der Waals surface area contributed by atoms with E-state index in [0.717, 1.165) is 22.3 Å². The summed E-state index contributed by atoms with van der Waals surface area (Å²) in [5.74, 6) is 0.821. The molecule has 8 heteroatoms. The van der Waals surface area contributed by atoms with E-state index in [2.05, 4.69) is 33.9 Å². The Morgan fingerprint density at radius 3 is 2.00 bits per heavy atom. The minimum absolute atomic E-state index is 0.0298. The van der Waals surface area contributed by atoms with E-state index < -0.39 is 44.2 Å². The van der Waals surface area contributed by atoms with Crippen molar-refractivity contribution < 1.29 is 28.2 Å². The fourth-order valence-corrected chi connectivity index (χ4v) is 6.26. The highest BCUT2D eigenvalue weighted by atomic mass is 28.4. The molecule has 1 aliphatic heterocycles. The van der Waals surface area contributed by atoms with E-state index in [1.807, 2.05) is 100 Å². The molecule has 44 heavy (non-hydrogen) atoms. The van der Waals surface area contributed by atoms with Crippen molar-refractivity contribution in [1.29, 1.82) is 0 Å². The summed E-state index contributed by atoms with van der Waals surface area (Å²) >= 11 is 0. The molecule has 0 bridgehead atoms. The molecule has 0 unspecified atom stereocenters. The average molecular weight is 618 g/mol. The van der Waals surface area contributed by atoms with Gasteiger partial charge in [-0.2, -0.15) is 0 Å². The summed E-state index contributed by atoms with van der Waals surface area (Å²) < 4.78 is 24.7. The number of cyclic esters (lactones) is 1. The van der Waals surface area contributed by atoms with Gasteiger partial charge < -0.3 is 18.6 Å². The summed E-state index contributed by atoms with van der Waals surface area (Å²) in [6, 6.07) is 21.6. The highest BCUT2D eigenvalue weighted by Gasteiger charge is 2.49. The molecule has 0 N–H and O–H groups in total. The standard InChI is InChI=1S/C36H47NO6Si/c1-24-21-25(23-29(31(24)40-8)43-44(9,10)36(5,6)7)22-28-33(38)41-32(27-19-15-12-16-20-27)30(26-17-13-11-14-18-26)37(28)34(39)42-35(2,3)4/h11-21,23,28,30,32H,22H2,1-10H3/t28-,30-,32+/m0/s1. The monoisotopic (exact) mass is 617 g/mol. The SMILES string of the molecule is COc1c(C)cc(C[C@H]2C(=O)O[C@H](c3ccccc3)[C@H](c3ccccc3)N2C(=O)OC(C)(C)C)cc1O[Si](C)(C)C(C)(C)C. The van der Waals surface area contributed by atoms with E-state index in [-0.39, 0.29) is 11.5 Å². The van der Waals surface area contributed by atoms with Gasteiger partial charge in [0.25, 0.3) is 8.32 Å². The Hall–Kier alpha value is -3.78. The van der Waals surface area contributed by atoms with Crippen molar-refractivity contribution in [2.75, 3.05) is 7.11 Å². The van der Waals surface area contributed by atoms with E-state index in [0.29, 0.717) is 11.5 Å². The number of carbonyl (C=O) groups excluding carboxylic acids is 2. The Bertz CT molecular complexity index is 1460. The Kier molecular flexibility index (Phi) is 9.54. The lowest BCUT2D eigenvalue weighted by Gasteiger charge is -2.45. The summed E-state index contributed by atoms with van der Waals surface area (Å²) in [7, 11) is -0.585. The zero-order valence-corrected chi connectivity index (χ0v) is 28.8. The Morgan fingerprint density at radius 2 is 1.48 bits per heavy atom. The molecular formula is C36H47NO6Si. The molecule has 3 aromatic rings. The first-order valence-corrected chi connectivity index (χ1v) is 18.1. The molecule has 3 aromatic carbocycles. The first-order chi connectivity index (χ1) is 20.5. The van der Waals surface area contributed by atoms with Gasteiger partial charge in [-0.3, -0.25) is 4.90 Å². The third-order valence-corrected chi connectivity index (χ3v) is 12.8. The summed E-state index contributed by atoms with van der Waals surface area (Å²) in [6.07, 6.45) is -1.08. The van der Waals surface area contributed by atoms with Crippen molar-refractivity contribution in [2.24, 2.45) is 0 Å². The Labute approximate surface area is 263 Å². The fourth-order valence-electron chi connectivity index (χ4n) is 5.26. The number of morpholine rings is 1. The molecule has 0 radical (unpaired) electrons. The molecule has 1 aliphatic rings. The summed E-state index contributed by atoms with van der Waals surface area (Å²) in [5, 5.41) is -0.0298. The number of carbonyl (C=O) groups is 2. The van der Waals surface area contributed by atoms with Crippen molar-refractivity contribution in [1.82, 2.24) is 4.90 Å². The largest absolute Gasteiger partial charge is 0.541 e. The number of benzene rings is 3. The van der Waals surface area contributed by atoms with Crippen molar-refractivity contribution in [3.63, 3.8) is 0 Å². The van der Waals surface area contributed by atoms with Crippen molar-refractivity contribution in [3.8, 4) is 11.5 Å². The van der Waals surface area contributed by atoms with Gasteiger partial charge in [-0.15, -0.1) is 0 Å². The van der Waals surface area contributed by atoms with Gasteiger partial charge in [0.2, 0.25) is 0 Å². The predicted octanol–water partition coefficient (Wildman–Crippen LogP) is 8.58. The van der Waals surface area contributed by atoms with Crippen LogP contribution in [0.4, 0.5) is 4.79 Å². The number of esters is 1. The molecule has 0 saturated carbocycles. The molecule has 1 heterocycles. The van der Waals surface area contributed by atoms with E-state index >= 15 is 0 Å². The molecule has 0 spiro atoms. The summed E-state index contributed by atoms with van der Waals surface area (Å²) in [6.45, 7) is 18.4. The first kappa shape index (κ1) is 33.1. The van der Waals surface area contributed by atoms with Gasteiger partial charge in [-0.1, -0.05) is 87.5 Å². The zero-order valence-electron chi connectivity index (χ0n) is 27.8. The van der Waals surface area contributed by atoms with Crippen LogP contribution in [-0.2, 0) is 20.7 Å². The van der Waals surface area contributed by atoms with Crippen LogP contribution in [0.25, 0.3) is 0 Å². The zero-order chi connectivity index (χ0) is 32.4. The first-order valence-electron chi connectivity index (χ1n) is 15.2. The molecule has 3 atom stereocenters. The maximum Gasteiger partial charge on any atom is 0.411 e. The van der Waals surface area contributed by atoms with Crippen molar-refractivity contribution in [2.45, 2.75) is 96.8 Å². The van der Waals surface area contributed by atoms with Crippen LogP contribution in [0.5, 0.6) is 11.5 Å². The third kappa shape index (κ3) is 7.29. The van der Waals surface area contributed by atoms with Crippen LogP contribution in [0, 0.1) is 6.92 Å². The van der Waals surface area contributed by atoms with Crippen molar-refractivity contribution >= 4 is 20.4 Å². The topological polar surface area (TPSA) is 74.3 Å². The molecule has 4 rings (SSSR count). The lowest BCUT2D eigenvalue weighted by atomic mass is 9.89. The number of amides is 1. The van der Waals surface area contributed by atoms with Gasteiger partial charge >= 0.3 is 12.1 Å². The maximum atomic E-state index is 14.1. The van der Waals surface area contributed by atoms with Crippen LogP contribution in [-0.4, -0.2) is 44.0 Å². The van der Waals surface area contributed by atoms with E-state index in [1.165, 1.54) is 0 Å². The minimum atomic E-state index is -2.22. The number of aryl methyl sites for hydroxylation is 1. The second-order valence-electron chi connectivity index (χ2n) is 14.0. The Morgan fingerprint density at radius 1 is 0.909 bits per heavy atom. The van der Waals surface area contributed by atoms with Gasteiger partial charge in [0.15, 0.2) is 11.9 Å². The summed E-state index contributed by atoms with van der Waals surface area (Å²) in [4.78, 5) is 29.7. The highest BCUT2D eigenvalue weighted by Crippen LogP contribution is 2.45. The number of hydrogen-bond donors (Lipinski definition) is 0. The number of nitrogens with zero attached hydrogens (tertiary/aromatic N) is 1. The van der Waals surface area contributed by atoms with Crippen LogP contribution >= 0.6 is 0 Å². The van der Waals surface area contributed by atoms with Crippen molar-refractivity contribution in [3.05, 3.63) is 95.1 Å². The molecule has 0 aliphatic carbocycles. The lowest BCUT2D eigenvalue weighted by Crippen LogP contribution is -2.56. The molecular weight excluding hydrogens is 570 g/mol. The van der Waals surface area contributed by atoms with Gasteiger partial charge in [-0.05, 0) is 74.1 Å². The molecule has 1 amide bonds. The van der Waals surface area contributed by atoms with Gasteiger partial charge in [0.1, 0.15) is 23.4 Å². The molecule has 236 valence electrons. The maximum absolute atomic E-state index is 14.1. The average Bonchev–Trinajstić information content (AvgIpc) is 2.93. The van der Waals surface area contributed by atoms with E-state index in [4.69, 9.17) is 18.6 Å². The van der Waals surface area contributed by atoms with Crippen LogP contribution in [0.15, 0.2) is 72.8 Å². The van der Waals surface area contributed by atoms with Gasteiger partial charge in [0.05, 0.1) is 7.11 Å². The quantitative estimate of drug-likeness (QED) is 0.195. The van der Waals surface area contributed by atoms with Crippen LogP contribution in [0.3, 0.4) is 0 Å². The number of hydrogen-bond acceptors (Lipinski definition) is 6.